The summed E-state index contributed by atoms with van der Waals surface area (Å²) in [5.74, 6) is 0.533. The van der Waals surface area contributed by atoms with Crippen molar-refractivity contribution < 1.29 is 9.59 Å². The first-order chi connectivity index (χ1) is 18.8. The normalized spacial score (nSPS) is 12.0. The molecule has 0 saturated carbocycles. The molecule has 0 aliphatic carbocycles. The predicted molar refractivity (Wildman–Crippen MR) is 154 cm³/mol. The van der Waals surface area contributed by atoms with E-state index >= 15 is 0 Å². The van der Waals surface area contributed by atoms with Crippen LogP contribution in [0.5, 0.6) is 0 Å². The minimum Gasteiger partial charge on any atom is -0.342 e. The molecule has 0 saturated heterocycles. The Hall–Kier alpha value is -4.31. The molecule has 0 aliphatic heterocycles. The lowest BCUT2D eigenvalue weighted by Gasteiger charge is -2.21. The smallest absolute Gasteiger partial charge is 0.251 e. The van der Waals surface area contributed by atoms with Gasteiger partial charge in [0, 0.05) is 18.3 Å². The molecule has 200 valence electrons. The number of carbonyl (C=O) groups is 2. The van der Waals surface area contributed by atoms with Crippen LogP contribution in [0, 0.1) is 12.8 Å². The molecule has 2 N–H and O–H groups in total. The quantitative estimate of drug-likeness (QED) is 0.178. The number of hydrogen-bond donors (Lipinski definition) is 2. The van der Waals surface area contributed by atoms with Gasteiger partial charge < -0.3 is 15.2 Å². The lowest BCUT2D eigenvalue weighted by atomic mass is 10.0. The molecule has 3 aromatic carbocycles. The molecule has 0 unspecified atom stereocenters. The highest BCUT2D eigenvalue weighted by atomic mass is 32.2. The topological polar surface area (TPSA) is 114 Å². The van der Waals surface area contributed by atoms with E-state index in [1.807, 2.05) is 74.9 Å². The van der Waals surface area contributed by atoms with Crippen molar-refractivity contribution >= 4 is 40.6 Å². The van der Waals surface area contributed by atoms with Crippen LogP contribution in [0.4, 0.5) is 17.1 Å². The lowest BCUT2D eigenvalue weighted by molar-refractivity contribution is -0.113. The predicted octanol–water partition coefficient (Wildman–Crippen LogP) is 6.40. The second kappa shape index (κ2) is 13.0. The fraction of sp³-hybridized carbons (Fsp3) is 0.241. The van der Waals surface area contributed by atoms with Crippen LogP contribution >= 0.6 is 11.8 Å². The van der Waals surface area contributed by atoms with Gasteiger partial charge in [0.15, 0.2) is 11.0 Å². The second-order valence-corrected chi connectivity index (χ2v) is 10.3. The summed E-state index contributed by atoms with van der Waals surface area (Å²) in [5.41, 5.74) is 3.80. The van der Waals surface area contributed by atoms with Gasteiger partial charge in [-0.3, -0.25) is 9.59 Å². The SMILES string of the molecule is Cc1ccc(C(=O)N[C@H](c2nnc(SCC(=O)Nc3ccc(N=Nc4ccccc4)cc3)n2C)C(C)C)cc1. The van der Waals surface area contributed by atoms with Crippen LogP contribution < -0.4 is 10.6 Å². The number of amides is 2. The summed E-state index contributed by atoms with van der Waals surface area (Å²) in [6.07, 6.45) is 0. The van der Waals surface area contributed by atoms with Crippen molar-refractivity contribution in [3.8, 4) is 0 Å². The molecule has 0 aliphatic rings. The summed E-state index contributed by atoms with van der Waals surface area (Å²) in [7, 11) is 1.84. The Kier molecular flexibility index (Phi) is 9.22. The Bertz CT molecular complexity index is 1430. The number of nitrogens with zero attached hydrogens (tertiary/aromatic N) is 5. The van der Waals surface area contributed by atoms with Crippen LogP contribution in [0.25, 0.3) is 0 Å². The first kappa shape index (κ1) is 27.7. The number of benzene rings is 3. The molecule has 1 atom stereocenters. The molecule has 0 bridgehead atoms. The number of aromatic nitrogens is 3. The van der Waals surface area contributed by atoms with E-state index in [-0.39, 0.29) is 29.5 Å². The number of aryl methyl sites for hydroxylation is 1. The maximum absolute atomic E-state index is 12.8. The molecule has 1 heterocycles. The number of thioether (sulfide) groups is 1. The van der Waals surface area contributed by atoms with Gasteiger partial charge in [-0.15, -0.1) is 10.2 Å². The van der Waals surface area contributed by atoms with Crippen LogP contribution in [0.1, 0.15) is 41.6 Å². The molecular formula is C29H31N7O2S. The molecule has 4 aromatic rings. The fourth-order valence-corrected chi connectivity index (χ4v) is 4.45. The number of hydrogen-bond acceptors (Lipinski definition) is 7. The molecule has 2 amide bonds. The van der Waals surface area contributed by atoms with E-state index in [1.165, 1.54) is 11.8 Å². The molecule has 10 heteroatoms. The summed E-state index contributed by atoms with van der Waals surface area (Å²) in [4.78, 5) is 25.4. The molecule has 0 spiro atoms. The Morgan fingerprint density at radius 1 is 0.897 bits per heavy atom. The third kappa shape index (κ3) is 7.61. The minimum atomic E-state index is -0.336. The van der Waals surface area contributed by atoms with Gasteiger partial charge in [-0.1, -0.05) is 61.5 Å². The van der Waals surface area contributed by atoms with E-state index in [1.54, 1.807) is 36.4 Å². The van der Waals surface area contributed by atoms with Crippen LogP contribution in [-0.4, -0.2) is 32.3 Å². The lowest BCUT2D eigenvalue weighted by Crippen LogP contribution is -2.33. The van der Waals surface area contributed by atoms with Gasteiger partial charge >= 0.3 is 0 Å². The largest absolute Gasteiger partial charge is 0.342 e. The number of rotatable bonds is 10. The van der Waals surface area contributed by atoms with Crippen LogP contribution in [0.3, 0.4) is 0 Å². The van der Waals surface area contributed by atoms with Gasteiger partial charge in [0.25, 0.3) is 5.91 Å². The van der Waals surface area contributed by atoms with Crippen LogP contribution in [0.15, 0.2) is 94.2 Å². The Morgan fingerprint density at radius 3 is 2.18 bits per heavy atom. The summed E-state index contributed by atoms with van der Waals surface area (Å²) in [6.45, 7) is 6.01. The highest BCUT2D eigenvalue weighted by Gasteiger charge is 2.25. The maximum Gasteiger partial charge on any atom is 0.251 e. The minimum absolute atomic E-state index is 0.0821. The summed E-state index contributed by atoms with van der Waals surface area (Å²) >= 11 is 1.28. The van der Waals surface area contributed by atoms with E-state index < -0.39 is 0 Å². The van der Waals surface area contributed by atoms with Crippen molar-refractivity contribution in [2.24, 2.45) is 23.2 Å². The van der Waals surface area contributed by atoms with Gasteiger partial charge in [0.05, 0.1) is 23.2 Å². The van der Waals surface area contributed by atoms with E-state index in [4.69, 9.17) is 0 Å². The zero-order valence-electron chi connectivity index (χ0n) is 22.3. The summed E-state index contributed by atoms with van der Waals surface area (Å²) < 4.78 is 1.82. The molecule has 39 heavy (non-hydrogen) atoms. The van der Waals surface area contributed by atoms with Crippen molar-refractivity contribution in [2.45, 2.75) is 32.0 Å². The van der Waals surface area contributed by atoms with Gasteiger partial charge in [0.1, 0.15) is 0 Å². The monoisotopic (exact) mass is 541 g/mol. The Labute approximate surface area is 232 Å². The first-order valence-corrected chi connectivity index (χ1v) is 13.5. The van der Waals surface area contributed by atoms with Gasteiger partial charge in [-0.2, -0.15) is 10.2 Å². The molecule has 1 aromatic heterocycles. The number of nitrogens with one attached hydrogen (secondary N) is 2. The highest BCUT2D eigenvalue weighted by molar-refractivity contribution is 7.99. The first-order valence-electron chi connectivity index (χ1n) is 12.6. The highest BCUT2D eigenvalue weighted by Crippen LogP contribution is 2.25. The van der Waals surface area contributed by atoms with Crippen molar-refractivity contribution in [2.75, 3.05) is 11.1 Å². The van der Waals surface area contributed by atoms with Crippen molar-refractivity contribution in [1.82, 2.24) is 20.1 Å². The second-order valence-electron chi connectivity index (χ2n) is 9.38. The third-order valence-corrected chi connectivity index (χ3v) is 6.95. The Balaban J connectivity index is 1.33. The number of carbonyl (C=O) groups excluding carboxylic acids is 2. The standard InChI is InChI=1S/C29H31N7O2S/c1-19(2)26(31-28(38)21-12-10-20(3)11-13-21)27-34-35-29(36(27)4)39-18-25(37)30-22-14-16-24(17-15-22)33-32-23-8-6-5-7-9-23/h5-17,19,26H,18H2,1-4H3,(H,30,37)(H,31,38)/t26-/m0/s1. The molecule has 4 rings (SSSR count). The molecule has 0 fully saturated rings. The third-order valence-electron chi connectivity index (χ3n) is 5.93. The fourth-order valence-electron chi connectivity index (χ4n) is 3.73. The van der Waals surface area contributed by atoms with Crippen molar-refractivity contribution in [3.63, 3.8) is 0 Å². The zero-order valence-corrected chi connectivity index (χ0v) is 23.1. The summed E-state index contributed by atoms with van der Waals surface area (Å²) in [6, 6.07) is 23.7. The van der Waals surface area contributed by atoms with E-state index in [0.717, 1.165) is 11.3 Å². The van der Waals surface area contributed by atoms with Crippen LogP contribution in [0.2, 0.25) is 0 Å². The van der Waals surface area contributed by atoms with E-state index in [9.17, 15) is 9.59 Å². The molecule has 9 nitrogen and oxygen atoms in total. The number of azo groups is 1. The zero-order chi connectivity index (χ0) is 27.8. The average molecular weight is 542 g/mol. The maximum atomic E-state index is 12.8. The van der Waals surface area contributed by atoms with Gasteiger partial charge in [-0.05, 0) is 61.4 Å². The van der Waals surface area contributed by atoms with E-state index in [2.05, 4.69) is 31.1 Å². The van der Waals surface area contributed by atoms with Crippen molar-refractivity contribution in [1.29, 1.82) is 0 Å². The summed E-state index contributed by atoms with van der Waals surface area (Å²) in [5, 5.41) is 23.6. The average Bonchev–Trinajstić information content (AvgIpc) is 3.30. The molecule has 0 radical (unpaired) electrons. The molecular weight excluding hydrogens is 510 g/mol. The Morgan fingerprint density at radius 2 is 1.54 bits per heavy atom. The van der Waals surface area contributed by atoms with Crippen molar-refractivity contribution in [3.05, 3.63) is 95.8 Å². The van der Waals surface area contributed by atoms with Gasteiger partial charge in [0.2, 0.25) is 5.91 Å². The van der Waals surface area contributed by atoms with E-state index in [0.29, 0.717) is 27.9 Å². The van der Waals surface area contributed by atoms with Crippen LogP contribution in [-0.2, 0) is 11.8 Å². The number of anilines is 1. The van der Waals surface area contributed by atoms with Gasteiger partial charge in [-0.25, -0.2) is 0 Å².